The summed E-state index contributed by atoms with van der Waals surface area (Å²) in [5.41, 5.74) is 2.09. The van der Waals surface area contributed by atoms with E-state index in [2.05, 4.69) is 41.4 Å². The molecule has 0 aliphatic rings. The molecule has 2 aromatic heterocycles. The number of anilines is 1. The minimum absolute atomic E-state index is 0.0244. The molecule has 0 saturated heterocycles. The van der Waals surface area contributed by atoms with Crippen molar-refractivity contribution in [1.29, 1.82) is 0 Å². The molecule has 0 amide bonds. The lowest BCUT2D eigenvalue weighted by atomic mass is 9.89. The summed E-state index contributed by atoms with van der Waals surface area (Å²) in [6, 6.07) is 0.299. The number of aryl methyl sites for hydroxylation is 1. The van der Waals surface area contributed by atoms with Crippen LogP contribution in [-0.4, -0.2) is 25.1 Å². The molecule has 2 heterocycles. The number of aliphatic hydroxyl groups is 1. The normalized spacial score (nSPS) is 11.8. The molecule has 104 valence electrons. The first-order chi connectivity index (χ1) is 8.90. The number of hydrogen-bond acceptors (Lipinski definition) is 6. The van der Waals surface area contributed by atoms with Crippen LogP contribution in [0.5, 0.6) is 0 Å². The monoisotopic (exact) mass is 265 g/mol. The van der Waals surface area contributed by atoms with Crippen LogP contribution < -0.4 is 5.32 Å². The maximum Gasteiger partial charge on any atom is 0.315 e. The second-order valence-electron chi connectivity index (χ2n) is 5.44. The third-order valence-corrected chi connectivity index (χ3v) is 2.65. The largest absolute Gasteiger partial charge is 0.406 e. The first-order valence-electron chi connectivity index (χ1n) is 6.10. The van der Waals surface area contributed by atoms with Gasteiger partial charge < -0.3 is 14.8 Å². The summed E-state index contributed by atoms with van der Waals surface area (Å²) in [4.78, 5) is 0. The van der Waals surface area contributed by atoms with Gasteiger partial charge in [-0.05, 0) is 0 Å². The second-order valence-corrected chi connectivity index (χ2v) is 5.44. The van der Waals surface area contributed by atoms with Gasteiger partial charge in [-0.25, -0.2) is 0 Å². The molecule has 2 aromatic rings. The maximum atomic E-state index is 8.85. The minimum atomic E-state index is -0.255. The van der Waals surface area contributed by atoms with Crippen molar-refractivity contribution in [3.63, 3.8) is 0 Å². The molecule has 0 radical (unpaired) electrons. The predicted octanol–water partition coefficient (Wildman–Crippen LogP) is 1.20. The Bertz CT molecular complexity index is 553. The van der Waals surface area contributed by atoms with E-state index in [1.54, 1.807) is 4.68 Å². The average Bonchev–Trinajstić information content (AvgIpc) is 2.91. The minimum Gasteiger partial charge on any atom is -0.406 e. The number of hydrogen-bond donors (Lipinski definition) is 2. The quantitative estimate of drug-likeness (QED) is 0.863. The van der Waals surface area contributed by atoms with Crippen LogP contribution in [0.4, 0.5) is 6.01 Å². The molecule has 7 nitrogen and oxygen atoms in total. The van der Waals surface area contributed by atoms with Crippen LogP contribution in [0.25, 0.3) is 0 Å². The molecule has 0 atom stereocenters. The Morgan fingerprint density at radius 2 is 2.11 bits per heavy atom. The first-order valence-corrected chi connectivity index (χ1v) is 6.10. The van der Waals surface area contributed by atoms with Crippen LogP contribution in [0.3, 0.4) is 0 Å². The average molecular weight is 265 g/mol. The zero-order chi connectivity index (χ0) is 14.0. The molecule has 19 heavy (non-hydrogen) atoms. The van der Waals surface area contributed by atoms with Gasteiger partial charge in [0.2, 0.25) is 5.89 Å². The van der Waals surface area contributed by atoms with Gasteiger partial charge in [-0.1, -0.05) is 25.9 Å². The predicted molar refractivity (Wildman–Crippen MR) is 69.5 cm³/mol. The van der Waals surface area contributed by atoms with Crippen LogP contribution in [0.15, 0.2) is 10.6 Å². The van der Waals surface area contributed by atoms with E-state index in [4.69, 9.17) is 9.52 Å². The van der Waals surface area contributed by atoms with Crippen LogP contribution >= 0.6 is 0 Å². The highest BCUT2D eigenvalue weighted by Crippen LogP contribution is 2.24. The van der Waals surface area contributed by atoms with Crippen LogP contribution in [0, 0.1) is 0 Å². The highest BCUT2D eigenvalue weighted by molar-refractivity contribution is 5.28. The van der Waals surface area contributed by atoms with Crippen molar-refractivity contribution in [2.24, 2.45) is 7.05 Å². The van der Waals surface area contributed by atoms with Gasteiger partial charge >= 0.3 is 6.01 Å². The van der Waals surface area contributed by atoms with Crippen molar-refractivity contribution in [2.75, 3.05) is 5.32 Å². The fraction of sp³-hybridized carbons (Fsp3) is 0.583. The molecule has 2 rings (SSSR count). The third kappa shape index (κ3) is 3.11. The number of aliphatic hydroxyl groups excluding tert-OH is 1. The smallest absolute Gasteiger partial charge is 0.315 e. The molecule has 0 spiro atoms. The van der Waals surface area contributed by atoms with Crippen molar-refractivity contribution in [1.82, 2.24) is 20.0 Å². The zero-order valence-corrected chi connectivity index (χ0v) is 11.6. The summed E-state index contributed by atoms with van der Waals surface area (Å²) in [5, 5.41) is 23.8. The molecule has 0 aliphatic carbocycles. The van der Waals surface area contributed by atoms with E-state index in [1.165, 1.54) is 0 Å². The van der Waals surface area contributed by atoms with Gasteiger partial charge in [0.15, 0.2) is 0 Å². The van der Waals surface area contributed by atoms with Gasteiger partial charge in [-0.3, -0.25) is 4.68 Å². The van der Waals surface area contributed by atoms with Crippen molar-refractivity contribution in [3.05, 3.63) is 23.3 Å². The Morgan fingerprint density at radius 1 is 1.37 bits per heavy atom. The summed E-state index contributed by atoms with van der Waals surface area (Å²) in [6.07, 6.45) is 1.97. The number of nitrogens with one attached hydrogen (secondary N) is 1. The Labute approximate surface area is 111 Å². The van der Waals surface area contributed by atoms with E-state index < -0.39 is 0 Å². The molecule has 0 bridgehead atoms. The Kier molecular flexibility index (Phi) is 3.57. The van der Waals surface area contributed by atoms with E-state index in [9.17, 15) is 0 Å². The summed E-state index contributed by atoms with van der Waals surface area (Å²) in [6.45, 7) is 6.66. The van der Waals surface area contributed by atoms with Crippen molar-refractivity contribution >= 4 is 6.01 Å². The fourth-order valence-electron chi connectivity index (χ4n) is 1.86. The topological polar surface area (TPSA) is 89.0 Å². The van der Waals surface area contributed by atoms with E-state index in [0.29, 0.717) is 12.6 Å². The van der Waals surface area contributed by atoms with Crippen molar-refractivity contribution in [2.45, 2.75) is 39.3 Å². The molecule has 0 aliphatic heterocycles. The lowest BCUT2D eigenvalue weighted by molar-refractivity contribution is 0.241. The van der Waals surface area contributed by atoms with Crippen LogP contribution in [-0.2, 0) is 25.6 Å². The second kappa shape index (κ2) is 5.00. The summed E-state index contributed by atoms with van der Waals surface area (Å²) in [5.74, 6) is 0.199. The third-order valence-electron chi connectivity index (χ3n) is 2.65. The van der Waals surface area contributed by atoms with Crippen LogP contribution in [0.1, 0.15) is 37.9 Å². The molecular weight excluding hydrogens is 246 g/mol. The summed E-state index contributed by atoms with van der Waals surface area (Å²) in [7, 11) is 1.90. The molecule has 0 fully saturated rings. The van der Waals surface area contributed by atoms with Gasteiger partial charge in [0.1, 0.15) is 6.61 Å². The highest BCUT2D eigenvalue weighted by Gasteiger charge is 2.21. The Balaban J connectivity index is 2.11. The van der Waals surface area contributed by atoms with Gasteiger partial charge in [-0.15, -0.1) is 5.10 Å². The van der Waals surface area contributed by atoms with E-state index in [1.807, 2.05) is 13.2 Å². The number of nitrogens with zero attached hydrogens (tertiary/aromatic N) is 4. The molecule has 7 heteroatoms. The molecule has 0 unspecified atom stereocenters. The fourth-order valence-corrected chi connectivity index (χ4v) is 1.86. The van der Waals surface area contributed by atoms with Crippen molar-refractivity contribution < 1.29 is 9.52 Å². The van der Waals surface area contributed by atoms with Crippen LogP contribution in [0.2, 0.25) is 0 Å². The number of aromatic nitrogens is 4. The van der Waals surface area contributed by atoms with E-state index in [0.717, 1.165) is 11.3 Å². The maximum absolute atomic E-state index is 8.85. The van der Waals surface area contributed by atoms with Gasteiger partial charge in [0.25, 0.3) is 0 Å². The summed E-state index contributed by atoms with van der Waals surface area (Å²) < 4.78 is 6.97. The molecule has 0 saturated carbocycles. The lowest BCUT2D eigenvalue weighted by Crippen LogP contribution is -2.16. The highest BCUT2D eigenvalue weighted by atomic mass is 16.4. The molecule has 0 aromatic carbocycles. The first kappa shape index (κ1) is 13.5. The Morgan fingerprint density at radius 3 is 2.68 bits per heavy atom. The molecule has 2 N–H and O–H groups in total. The lowest BCUT2D eigenvalue weighted by Gasteiger charge is -2.17. The van der Waals surface area contributed by atoms with Gasteiger partial charge in [-0.2, -0.15) is 5.10 Å². The van der Waals surface area contributed by atoms with Gasteiger partial charge in [0.05, 0.1) is 5.69 Å². The number of rotatable bonds is 4. The van der Waals surface area contributed by atoms with Crippen molar-refractivity contribution in [3.8, 4) is 0 Å². The van der Waals surface area contributed by atoms with E-state index in [-0.39, 0.29) is 17.9 Å². The van der Waals surface area contributed by atoms with Gasteiger partial charge in [0, 0.05) is 30.8 Å². The van der Waals surface area contributed by atoms with E-state index >= 15 is 0 Å². The standard InChI is InChI=1S/C12H19N5O2/c1-12(2,3)10-8(6-17(4)16-10)5-13-11-15-14-9(7-18)19-11/h6,18H,5,7H2,1-4H3,(H,13,15). The summed E-state index contributed by atoms with van der Waals surface area (Å²) >= 11 is 0. The zero-order valence-electron chi connectivity index (χ0n) is 11.6. The Hall–Kier alpha value is -1.89. The molecular formula is C12H19N5O2. The SMILES string of the molecule is Cn1cc(CNc2nnc(CO)o2)c(C(C)(C)C)n1.